The van der Waals surface area contributed by atoms with E-state index in [2.05, 4.69) is 12.1 Å². The van der Waals surface area contributed by atoms with E-state index in [4.69, 9.17) is 0 Å². The van der Waals surface area contributed by atoms with Gasteiger partial charge in [-0.25, -0.2) is 8.42 Å². The number of nitrogens with zero attached hydrogens (tertiary/aromatic N) is 1. The summed E-state index contributed by atoms with van der Waals surface area (Å²) in [5.74, 6) is 0.812. The van der Waals surface area contributed by atoms with Crippen molar-refractivity contribution >= 4 is 21.8 Å². The van der Waals surface area contributed by atoms with Crippen molar-refractivity contribution in [3.8, 4) is 11.1 Å². The van der Waals surface area contributed by atoms with Crippen LogP contribution in [0.1, 0.15) is 22.1 Å². The number of fused-ring (bicyclic) bond motifs is 3. The first kappa shape index (κ1) is 17.0. The molecule has 5 rings (SSSR count). The van der Waals surface area contributed by atoms with Crippen molar-refractivity contribution in [2.45, 2.75) is 16.7 Å². The van der Waals surface area contributed by atoms with Crippen molar-refractivity contribution in [3.63, 3.8) is 0 Å². The summed E-state index contributed by atoms with van der Waals surface area (Å²) in [5, 5.41) is -0.156. The van der Waals surface area contributed by atoms with E-state index >= 15 is 0 Å². The zero-order valence-electron chi connectivity index (χ0n) is 14.7. The fourth-order valence-corrected chi connectivity index (χ4v) is 7.25. The van der Waals surface area contributed by atoms with Gasteiger partial charge in [0.25, 0.3) is 0 Å². The first-order chi connectivity index (χ1) is 13.1. The molecule has 0 unspecified atom stereocenters. The van der Waals surface area contributed by atoms with E-state index in [-0.39, 0.29) is 5.37 Å². The van der Waals surface area contributed by atoms with Gasteiger partial charge in [-0.2, -0.15) is 4.31 Å². The van der Waals surface area contributed by atoms with Gasteiger partial charge in [0.15, 0.2) is 0 Å². The maximum Gasteiger partial charge on any atom is 0.244 e. The lowest BCUT2D eigenvalue weighted by atomic mass is 10.1. The molecule has 27 heavy (non-hydrogen) atoms. The van der Waals surface area contributed by atoms with Crippen LogP contribution in [0.2, 0.25) is 0 Å². The number of hydrogen-bond acceptors (Lipinski definition) is 3. The lowest BCUT2D eigenvalue weighted by molar-refractivity contribution is 0.434. The third-order valence-corrected chi connectivity index (χ3v) is 8.56. The van der Waals surface area contributed by atoms with Gasteiger partial charge in [0, 0.05) is 12.3 Å². The predicted octanol–water partition coefficient (Wildman–Crippen LogP) is 4.69. The van der Waals surface area contributed by atoms with Crippen LogP contribution in [0.15, 0.2) is 77.7 Å². The molecule has 0 radical (unpaired) electrons. The Kier molecular flexibility index (Phi) is 4.11. The summed E-state index contributed by atoms with van der Waals surface area (Å²) in [6.07, 6.45) is 0.873. The molecule has 3 aromatic rings. The van der Waals surface area contributed by atoms with Crippen LogP contribution < -0.4 is 0 Å². The lowest BCUT2D eigenvalue weighted by Crippen LogP contribution is -2.30. The second-order valence-corrected chi connectivity index (χ2v) is 9.98. The monoisotopic (exact) mass is 393 g/mol. The molecule has 1 aliphatic heterocycles. The Labute approximate surface area is 164 Å². The second kappa shape index (κ2) is 6.51. The third-order valence-electron chi connectivity index (χ3n) is 5.31. The molecule has 0 saturated carbocycles. The Bertz CT molecular complexity index is 1110. The molecule has 1 heterocycles. The molecule has 1 fully saturated rings. The average Bonchev–Trinajstić information content (AvgIpc) is 3.33. The molecule has 0 spiro atoms. The van der Waals surface area contributed by atoms with Gasteiger partial charge in [0.2, 0.25) is 10.0 Å². The smallest absolute Gasteiger partial charge is 0.207 e. The van der Waals surface area contributed by atoms with E-state index in [0.717, 1.165) is 28.9 Å². The molecule has 2 aliphatic rings. The van der Waals surface area contributed by atoms with Gasteiger partial charge in [-0.15, -0.1) is 11.8 Å². The minimum Gasteiger partial charge on any atom is -0.207 e. The quantitative estimate of drug-likeness (QED) is 0.507. The van der Waals surface area contributed by atoms with Crippen LogP contribution >= 0.6 is 11.8 Å². The highest BCUT2D eigenvalue weighted by molar-refractivity contribution is 8.01. The average molecular weight is 394 g/mol. The summed E-state index contributed by atoms with van der Waals surface area (Å²) in [4.78, 5) is 0.390. The largest absolute Gasteiger partial charge is 0.244 e. The van der Waals surface area contributed by atoms with Gasteiger partial charge < -0.3 is 0 Å². The third kappa shape index (κ3) is 2.81. The van der Waals surface area contributed by atoms with E-state index in [9.17, 15) is 8.42 Å². The number of sulfonamides is 1. The van der Waals surface area contributed by atoms with Crippen LogP contribution in [-0.4, -0.2) is 25.0 Å². The van der Waals surface area contributed by atoms with Crippen LogP contribution in [0.4, 0.5) is 0 Å². The highest BCUT2D eigenvalue weighted by Gasteiger charge is 2.37. The minimum absolute atomic E-state index is 0.156. The van der Waals surface area contributed by atoms with Crippen molar-refractivity contribution in [1.29, 1.82) is 0 Å². The van der Waals surface area contributed by atoms with Gasteiger partial charge in [0.1, 0.15) is 0 Å². The summed E-state index contributed by atoms with van der Waals surface area (Å²) >= 11 is 1.69. The minimum atomic E-state index is -3.55. The molecule has 136 valence electrons. The van der Waals surface area contributed by atoms with E-state index in [1.165, 1.54) is 11.1 Å². The zero-order chi connectivity index (χ0) is 18.4. The molecule has 3 nitrogen and oxygen atoms in total. The standard InChI is InChI=1S/C22H19NO2S2/c24-27(25,23-12-13-26-22(23)16-6-2-1-3-7-16)19-11-10-18-14-17-8-4-5-9-20(17)21(18)15-19/h1-11,15,22H,12-14H2/t22-/m1/s1. The van der Waals surface area contributed by atoms with Crippen LogP contribution in [0.25, 0.3) is 11.1 Å². The Morgan fingerprint density at radius 1 is 0.852 bits per heavy atom. The summed E-state index contributed by atoms with van der Waals surface area (Å²) in [6.45, 7) is 0.542. The number of benzene rings is 3. The van der Waals surface area contributed by atoms with Gasteiger partial charge in [-0.3, -0.25) is 0 Å². The van der Waals surface area contributed by atoms with Gasteiger partial charge in [0.05, 0.1) is 10.3 Å². The fourth-order valence-electron chi connectivity index (χ4n) is 3.98. The van der Waals surface area contributed by atoms with Gasteiger partial charge in [-0.05, 0) is 46.4 Å². The molecule has 0 amide bonds. The molecule has 0 bridgehead atoms. The topological polar surface area (TPSA) is 37.4 Å². The van der Waals surface area contributed by atoms with E-state index in [1.807, 2.05) is 54.6 Å². The van der Waals surface area contributed by atoms with Crippen LogP contribution in [0.3, 0.4) is 0 Å². The lowest BCUT2D eigenvalue weighted by Gasteiger charge is -2.24. The maximum atomic E-state index is 13.4. The molecule has 0 aromatic heterocycles. The summed E-state index contributed by atoms with van der Waals surface area (Å²) in [7, 11) is -3.55. The van der Waals surface area contributed by atoms with Crippen molar-refractivity contribution in [2.24, 2.45) is 0 Å². The molecule has 1 aliphatic carbocycles. The summed E-state index contributed by atoms with van der Waals surface area (Å²) in [5.41, 5.74) is 5.70. The van der Waals surface area contributed by atoms with Crippen LogP contribution in [0.5, 0.6) is 0 Å². The van der Waals surface area contributed by atoms with E-state index in [1.54, 1.807) is 22.1 Å². The van der Waals surface area contributed by atoms with Crippen LogP contribution in [0, 0.1) is 0 Å². The van der Waals surface area contributed by atoms with Crippen molar-refractivity contribution < 1.29 is 8.42 Å². The maximum absolute atomic E-state index is 13.4. The zero-order valence-corrected chi connectivity index (χ0v) is 16.3. The number of thioether (sulfide) groups is 1. The Morgan fingerprint density at radius 2 is 1.59 bits per heavy atom. The van der Waals surface area contributed by atoms with E-state index < -0.39 is 10.0 Å². The molecule has 5 heteroatoms. The second-order valence-electron chi connectivity index (χ2n) is 6.90. The summed E-state index contributed by atoms with van der Waals surface area (Å²) < 4.78 is 28.5. The number of rotatable bonds is 3. The number of hydrogen-bond donors (Lipinski definition) is 0. The molecule has 0 N–H and O–H groups in total. The van der Waals surface area contributed by atoms with Crippen molar-refractivity contribution in [3.05, 3.63) is 89.5 Å². The van der Waals surface area contributed by atoms with Gasteiger partial charge >= 0.3 is 0 Å². The fraction of sp³-hybridized carbons (Fsp3) is 0.182. The Balaban J connectivity index is 1.55. The molecule has 1 atom stereocenters. The molecular formula is C22H19NO2S2. The molecule has 3 aromatic carbocycles. The van der Waals surface area contributed by atoms with E-state index in [0.29, 0.717) is 11.4 Å². The van der Waals surface area contributed by atoms with Crippen molar-refractivity contribution in [2.75, 3.05) is 12.3 Å². The summed E-state index contributed by atoms with van der Waals surface area (Å²) in [6, 6.07) is 23.7. The van der Waals surface area contributed by atoms with Crippen molar-refractivity contribution in [1.82, 2.24) is 4.31 Å². The molecule has 1 saturated heterocycles. The molecular weight excluding hydrogens is 374 g/mol. The SMILES string of the molecule is O=S(=O)(c1ccc2c(c1)-c1ccccc1C2)N1CCS[C@@H]1c1ccccc1. The normalized spacial score (nSPS) is 19.0. The predicted molar refractivity (Wildman–Crippen MR) is 110 cm³/mol. The first-order valence-corrected chi connectivity index (χ1v) is 11.5. The van der Waals surface area contributed by atoms with Gasteiger partial charge in [-0.1, -0.05) is 60.7 Å². The van der Waals surface area contributed by atoms with Crippen LogP contribution in [-0.2, 0) is 16.4 Å². The Hall–Kier alpha value is -2.08. The first-order valence-electron chi connectivity index (χ1n) is 9.04. The highest BCUT2D eigenvalue weighted by Crippen LogP contribution is 2.43. The highest BCUT2D eigenvalue weighted by atomic mass is 32.2. The Morgan fingerprint density at radius 3 is 2.44 bits per heavy atom.